The summed E-state index contributed by atoms with van der Waals surface area (Å²) in [6.45, 7) is 1.36. The molecule has 0 radical (unpaired) electrons. The second kappa shape index (κ2) is 7.08. The number of nitrogens with one attached hydrogen (secondary N) is 1. The number of carboxylic acids is 1. The lowest BCUT2D eigenvalue weighted by molar-refractivity contribution is -0.132. The van der Waals surface area contributed by atoms with Crippen molar-refractivity contribution in [2.45, 2.75) is 6.92 Å². The van der Waals surface area contributed by atoms with Crippen LogP contribution in [0, 0.1) is 0 Å². The van der Waals surface area contributed by atoms with Gasteiger partial charge in [-0.05, 0) is 43.3 Å². The van der Waals surface area contributed by atoms with Gasteiger partial charge in [0.05, 0.1) is 0 Å². The first kappa shape index (κ1) is 15.3. The fraction of sp³-hybridized carbons (Fsp3) is 0.0588. The van der Waals surface area contributed by atoms with E-state index in [0.717, 1.165) is 11.8 Å². The second-order valence-corrected chi connectivity index (χ2v) is 4.56. The Morgan fingerprint density at radius 2 is 1.59 bits per heavy atom. The number of hydrogen-bond donors (Lipinski definition) is 2. The molecule has 0 aliphatic heterocycles. The zero-order valence-corrected chi connectivity index (χ0v) is 11.9. The molecule has 0 saturated heterocycles. The van der Waals surface area contributed by atoms with Gasteiger partial charge in [-0.3, -0.25) is 4.79 Å². The van der Waals surface area contributed by atoms with Crippen LogP contribution < -0.4 is 10.1 Å². The highest BCUT2D eigenvalue weighted by Crippen LogP contribution is 2.22. The Labute approximate surface area is 127 Å². The Bertz CT molecular complexity index is 690. The molecule has 0 bridgehead atoms. The molecule has 5 nitrogen and oxygen atoms in total. The van der Waals surface area contributed by atoms with Crippen molar-refractivity contribution in [3.05, 3.63) is 66.2 Å². The smallest absolute Gasteiger partial charge is 0.331 e. The Morgan fingerprint density at radius 1 is 1.00 bits per heavy atom. The monoisotopic (exact) mass is 297 g/mol. The fourth-order valence-corrected chi connectivity index (χ4v) is 1.67. The number of benzene rings is 2. The summed E-state index contributed by atoms with van der Waals surface area (Å²) in [5.74, 6) is -0.251. The normalized spacial score (nSPS) is 10.9. The SMILES string of the molecule is C/C(=C\C(=O)Nc1ccc(Oc2ccccc2)cc1)C(=O)O. The number of ether oxygens (including phenoxy) is 1. The summed E-state index contributed by atoms with van der Waals surface area (Å²) >= 11 is 0. The van der Waals surface area contributed by atoms with E-state index < -0.39 is 11.9 Å². The van der Waals surface area contributed by atoms with E-state index in [1.54, 1.807) is 24.3 Å². The molecule has 0 aliphatic rings. The molecule has 0 unspecified atom stereocenters. The molecule has 0 fully saturated rings. The van der Waals surface area contributed by atoms with E-state index in [1.807, 2.05) is 30.3 Å². The van der Waals surface area contributed by atoms with Crippen LogP contribution >= 0.6 is 0 Å². The molecule has 2 aromatic carbocycles. The highest BCUT2D eigenvalue weighted by Gasteiger charge is 2.05. The predicted molar refractivity (Wildman–Crippen MR) is 83.0 cm³/mol. The van der Waals surface area contributed by atoms with E-state index >= 15 is 0 Å². The largest absolute Gasteiger partial charge is 0.478 e. The summed E-state index contributed by atoms with van der Waals surface area (Å²) in [6, 6.07) is 16.1. The zero-order chi connectivity index (χ0) is 15.9. The van der Waals surface area contributed by atoms with E-state index in [0.29, 0.717) is 11.4 Å². The number of carbonyl (C=O) groups is 2. The number of rotatable bonds is 5. The van der Waals surface area contributed by atoms with Gasteiger partial charge in [-0.15, -0.1) is 0 Å². The van der Waals surface area contributed by atoms with Crippen molar-refractivity contribution in [2.24, 2.45) is 0 Å². The van der Waals surface area contributed by atoms with Gasteiger partial charge in [0, 0.05) is 17.3 Å². The molecule has 0 heterocycles. The van der Waals surface area contributed by atoms with Crippen LogP contribution in [0.1, 0.15) is 6.92 Å². The third-order valence-electron chi connectivity index (χ3n) is 2.79. The molecule has 5 heteroatoms. The molecule has 1 amide bonds. The highest BCUT2D eigenvalue weighted by molar-refractivity contribution is 6.04. The average Bonchev–Trinajstić information content (AvgIpc) is 2.50. The summed E-state index contributed by atoms with van der Waals surface area (Å²) in [5, 5.41) is 11.3. The molecular weight excluding hydrogens is 282 g/mol. The Balaban J connectivity index is 1.99. The molecule has 2 N–H and O–H groups in total. The van der Waals surface area contributed by atoms with Crippen molar-refractivity contribution < 1.29 is 19.4 Å². The van der Waals surface area contributed by atoms with Gasteiger partial charge in [-0.2, -0.15) is 0 Å². The number of hydrogen-bond acceptors (Lipinski definition) is 3. The number of carboxylic acid groups (broad SMARTS) is 1. The van der Waals surface area contributed by atoms with Crippen LogP contribution in [0.4, 0.5) is 5.69 Å². The van der Waals surface area contributed by atoms with Crippen molar-refractivity contribution in [1.29, 1.82) is 0 Å². The van der Waals surface area contributed by atoms with Crippen LogP contribution in [0.2, 0.25) is 0 Å². The standard InChI is InChI=1S/C17H15NO4/c1-12(17(20)21)11-16(19)18-13-7-9-15(10-8-13)22-14-5-3-2-4-6-14/h2-11H,1H3,(H,18,19)(H,20,21)/b12-11+. The van der Waals surface area contributed by atoms with Crippen LogP contribution in [0.15, 0.2) is 66.2 Å². The Hall–Kier alpha value is -3.08. The van der Waals surface area contributed by atoms with Crippen LogP contribution in [-0.4, -0.2) is 17.0 Å². The molecular formula is C17H15NO4. The molecule has 112 valence electrons. The van der Waals surface area contributed by atoms with Crippen molar-refractivity contribution in [2.75, 3.05) is 5.32 Å². The van der Waals surface area contributed by atoms with Crippen LogP contribution in [-0.2, 0) is 9.59 Å². The number of amides is 1. The summed E-state index contributed by atoms with van der Waals surface area (Å²) in [5.41, 5.74) is 0.529. The van der Waals surface area contributed by atoms with Gasteiger partial charge >= 0.3 is 5.97 Å². The van der Waals surface area contributed by atoms with Crippen molar-refractivity contribution in [1.82, 2.24) is 0 Å². The summed E-state index contributed by atoms with van der Waals surface area (Å²) in [6.07, 6.45) is 1.04. The second-order valence-electron chi connectivity index (χ2n) is 4.56. The van der Waals surface area contributed by atoms with Gasteiger partial charge in [-0.25, -0.2) is 4.79 Å². The van der Waals surface area contributed by atoms with Gasteiger partial charge in [0.25, 0.3) is 0 Å². The maximum absolute atomic E-state index is 11.6. The molecule has 0 saturated carbocycles. The van der Waals surface area contributed by atoms with E-state index in [4.69, 9.17) is 9.84 Å². The maximum Gasteiger partial charge on any atom is 0.331 e. The van der Waals surface area contributed by atoms with E-state index in [2.05, 4.69) is 5.32 Å². The first-order valence-electron chi connectivity index (χ1n) is 6.60. The van der Waals surface area contributed by atoms with E-state index in [9.17, 15) is 9.59 Å². The minimum Gasteiger partial charge on any atom is -0.478 e. The van der Waals surface area contributed by atoms with Crippen molar-refractivity contribution in [3.63, 3.8) is 0 Å². The number of carbonyl (C=O) groups excluding carboxylic acids is 1. The Morgan fingerprint density at radius 3 is 2.18 bits per heavy atom. The van der Waals surface area contributed by atoms with Gasteiger partial charge in [0.2, 0.25) is 5.91 Å². The molecule has 2 aromatic rings. The first-order chi connectivity index (χ1) is 10.5. The van der Waals surface area contributed by atoms with Gasteiger partial charge in [0.1, 0.15) is 11.5 Å². The average molecular weight is 297 g/mol. The van der Waals surface area contributed by atoms with Crippen molar-refractivity contribution >= 4 is 17.6 Å². The maximum atomic E-state index is 11.6. The zero-order valence-electron chi connectivity index (χ0n) is 11.9. The lowest BCUT2D eigenvalue weighted by Gasteiger charge is -2.07. The van der Waals surface area contributed by atoms with Gasteiger partial charge in [0.15, 0.2) is 0 Å². The third kappa shape index (κ3) is 4.49. The molecule has 0 aliphatic carbocycles. The molecule has 2 rings (SSSR count). The van der Waals surface area contributed by atoms with E-state index in [1.165, 1.54) is 6.92 Å². The minimum absolute atomic E-state index is 0.0264. The summed E-state index contributed by atoms with van der Waals surface area (Å²) in [7, 11) is 0. The van der Waals surface area contributed by atoms with Crippen LogP contribution in [0.5, 0.6) is 11.5 Å². The lowest BCUT2D eigenvalue weighted by Crippen LogP contribution is -2.10. The van der Waals surface area contributed by atoms with Crippen LogP contribution in [0.25, 0.3) is 0 Å². The van der Waals surface area contributed by atoms with E-state index in [-0.39, 0.29) is 5.57 Å². The van der Waals surface area contributed by atoms with Gasteiger partial charge < -0.3 is 15.2 Å². The quantitative estimate of drug-likeness (QED) is 0.829. The lowest BCUT2D eigenvalue weighted by atomic mass is 10.2. The third-order valence-corrected chi connectivity index (χ3v) is 2.79. The molecule has 0 atom stereocenters. The number of anilines is 1. The predicted octanol–water partition coefficient (Wildman–Crippen LogP) is 3.45. The highest BCUT2D eigenvalue weighted by atomic mass is 16.5. The van der Waals surface area contributed by atoms with Crippen molar-refractivity contribution in [3.8, 4) is 11.5 Å². The first-order valence-corrected chi connectivity index (χ1v) is 6.60. The van der Waals surface area contributed by atoms with Gasteiger partial charge in [-0.1, -0.05) is 18.2 Å². The molecule has 22 heavy (non-hydrogen) atoms. The Kier molecular flexibility index (Phi) is 4.93. The summed E-state index contributed by atoms with van der Waals surface area (Å²) in [4.78, 5) is 22.3. The molecule has 0 aromatic heterocycles. The van der Waals surface area contributed by atoms with Crippen LogP contribution in [0.3, 0.4) is 0 Å². The fourth-order valence-electron chi connectivity index (χ4n) is 1.67. The number of para-hydroxylation sites is 1. The molecule has 0 spiro atoms. The minimum atomic E-state index is -1.12. The summed E-state index contributed by atoms with van der Waals surface area (Å²) < 4.78 is 5.63. The topological polar surface area (TPSA) is 75.6 Å². The number of aliphatic carboxylic acids is 1.